The number of nitrogens with one attached hydrogen (secondary N) is 1. The lowest BCUT2D eigenvalue weighted by Gasteiger charge is -2.25. The number of carbonyl (C=O) groups is 1. The number of halogens is 1. The molecule has 1 aromatic rings. The van der Waals surface area contributed by atoms with Crippen LogP contribution in [0, 0.1) is 18.2 Å². The number of hydrogen-bond acceptors (Lipinski definition) is 2. The van der Waals surface area contributed by atoms with Crippen LogP contribution in [-0.2, 0) is 4.79 Å². The van der Waals surface area contributed by atoms with Crippen LogP contribution >= 0.6 is 0 Å². The van der Waals surface area contributed by atoms with Crippen LogP contribution in [0.3, 0.4) is 0 Å². The molecular weight excluding hydrogens is 231 g/mol. The highest BCUT2D eigenvalue weighted by atomic mass is 19.1. The van der Waals surface area contributed by atoms with E-state index in [0.717, 1.165) is 31.2 Å². The standard InChI is InChI=1S/C14H19FN2O/c1-10-4-5-11(15)12(8-10)17-13(18)14(9-16)6-2-3-7-14/h4-5,8H,2-3,6-7,9,16H2,1H3,(H,17,18). The van der Waals surface area contributed by atoms with Gasteiger partial charge in [-0.05, 0) is 37.5 Å². The molecule has 98 valence electrons. The van der Waals surface area contributed by atoms with E-state index in [2.05, 4.69) is 5.32 Å². The van der Waals surface area contributed by atoms with Crippen molar-refractivity contribution in [3.63, 3.8) is 0 Å². The summed E-state index contributed by atoms with van der Waals surface area (Å²) in [6, 6.07) is 4.69. The Morgan fingerprint density at radius 1 is 1.44 bits per heavy atom. The third-order valence-corrected chi connectivity index (χ3v) is 3.80. The van der Waals surface area contributed by atoms with Gasteiger partial charge in [-0.1, -0.05) is 18.9 Å². The van der Waals surface area contributed by atoms with Crippen molar-refractivity contribution in [1.29, 1.82) is 0 Å². The van der Waals surface area contributed by atoms with Crippen LogP contribution in [0.1, 0.15) is 31.2 Å². The lowest BCUT2D eigenvalue weighted by Crippen LogP contribution is -2.40. The van der Waals surface area contributed by atoms with Gasteiger partial charge in [0.25, 0.3) is 0 Å². The molecule has 1 saturated carbocycles. The molecule has 4 heteroatoms. The molecule has 0 spiro atoms. The Labute approximate surface area is 107 Å². The second-order valence-corrected chi connectivity index (χ2v) is 5.13. The summed E-state index contributed by atoms with van der Waals surface area (Å²) in [5, 5.41) is 2.69. The lowest BCUT2D eigenvalue weighted by atomic mass is 9.85. The summed E-state index contributed by atoms with van der Waals surface area (Å²) in [7, 11) is 0. The highest BCUT2D eigenvalue weighted by Gasteiger charge is 2.39. The molecule has 0 heterocycles. The van der Waals surface area contributed by atoms with Crippen molar-refractivity contribution < 1.29 is 9.18 Å². The summed E-state index contributed by atoms with van der Waals surface area (Å²) >= 11 is 0. The van der Waals surface area contributed by atoms with Crippen molar-refractivity contribution in [3.8, 4) is 0 Å². The van der Waals surface area contributed by atoms with Crippen LogP contribution in [0.5, 0.6) is 0 Å². The third-order valence-electron chi connectivity index (χ3n) is 3.80. The fourth-order valence-electron chi connectivity index (χ4n) is 2.57. The summed E-state index contributed by atoms with van der Waals surface area (Å²) in [5.74, 6) is -0.550. The van der Waals surface area contributed by atoms with Crippen LogP contribution in [0.2, 0.25) is 0 Å². The van der Waals surface area contributed by atoms with Gasteiger partial charge in [0, 0.05) is 6.54 Å². The Balaban J connectivity index is 2.18. The van der Waals surface area contributed by atoms with Crippen molar-refractivity contribution in [1.82, 2.24) is 0 Å². The normalized spacial score (nSPS) is 17.7. The second kappa shape index (κ2) is 5.06. The molecule has 18 heavy (non-hydrogen) atoms. The van der Waals surface area contributed by atoms with Crippen LogP contribution in [0.15, 0.2) is 18.2 Å². The molecule has 1 fully saturated rings. The average molecular weight is 250 g/mol. The Morgan fingerprint density at radius 3 is 2.72 bits per heavy atom. The summed E-state index contributed by atoms with van der Waals surface area (Å²) in [6.07, 6.45) is 3.62. The van der Waals surface area contributed by atoms with Gasteiger partial charge in [-0.15, -0.1) is 0 Å². The zero-order valence-electron chi connectivity index (χ0n) is 10.6. The molecule has 0 aromatic heterocycles. The van der Waals surface area contributed by atoms with E-state index in [9.17, 15) is 9.18 Å². The molecule has 3 nitrogen and oxygen atoms in total. The molecule has 0 aliphatic heterocycles. The Morgan fingerprint density at radius 2 is 2.11 bits per heavy atom. The molecule has 0 unspecified atom stereocenters. The van der Waals surface area contributed by atoms with Crippen LogP contribution in [-0.4, -0.2) is 12.5 Å². The summed E-state index contributed by atoms with van der Waals surface area (Å²) in [5.41, 5.74) is 6.40. The number of anilines is 1. The molecular formula is C14H19FN2O. The monoisotopic (exact) mass is 250 g/mol. The number of amides is 1. The minimum absolute atomic E-state index is 0.146. The van der Waals surface area contributed by atoms with Crippen LogP contribution in [0.4, 0.5) is 10.1 Å². The molecule has 2 rings (SSSR count). The summed E-state index contributed by atoms with van der Waals surface area (Å²) in [6.45, 7) is 2.19. The van der Waals surface area contributed by atoms with Gasteiger partial charge in [0.15, 0.2) is 0 Å². The first-order valence-electron chi connectivity index (χ1n) is 6.35. The smallest absolute Gasteiger partial charge is 0.231 e. The maximum atomic E-state index is 13.6. The molecule has 0 saturated heterocycles. The van der Waals surface area contributed by atoms with Crippen molar-refractivity contribution in [2.24, 2.45) is 11.1 Å². The van der Waals surface area contributed by atoms with Gasteiger partial charge in [-0.2, -0.15) is 0 Å². The predicted molar refractivity (Wildman–Crippen MR) is 69.7 cm³/mol. The summed E-state index contributed by atoms with van der Waals surface area (Å²) in [4.78, 5) is 12.3. The number of nitrogens with two attached hydrogens (primary N) is 1. The number of benzene rings is 1. The Hall–Kier alpha value is -1.42. The molecule has 1 aromatic carbocycles. The van der Waals surface area contributed by atoms with E-state index in [0.29, 0.717) is 6.54 Å². The highest BCUT2D eigenvalue weighted by molar-refractivity contribution is 5.95. The average Bonchev–Trinajstić information content (AvgIpc) is 2.84. The minimum atomic E-state index is -0.504. The predicted octanol–water partition coefficient (Wildman–Crippen LogP) is 2.59. The van der Waals surface area contributed by atoms with Gasteiger partial charge in [0.05, 0.1) is 11.1 Å². The van der Waals surface area contributed by atoms with Gasteiger partial charge >= 0.3 is 0 Å². The van der Waals surface area contributed by atoms with Crippen LogP contribution in [0.25, 0.3) is 0 Å². The van der Waals surface area contributed by atoms with E-state index in [1.807, 2.05) is 6.92 Å². The first-order valence-corrected chi connectivity index (χ1v) is 6.35. The van der Waals surface area contributed by atoms with Crippen molar-refractivity contribution in [3.05, 3.63) is 29.6 Å². The van der Waals surface area contributed by atoms with E-state index >= 15 is 0 Å². The number of hydrogen-bond donors (Lipinski definition) is 2. The van der Waals surface area contributed by atoms with Gasteiger partial charge in [0.2, 0.25) is 5.91 Å². The summed E-state index contributed by atoms with van der Waals surface area (Å²) < 4.78 is 13.6. The van der Waals surface area contributed by atoms with Gasteiger partial charge < -0.3 is 11.1 Å². The second-order valence-electron chi connectivity index (χ2n) is 5.13. The molecule has 0 atom stereocenters. The van der Waals surface area contributed by atoms with Gasteiger partial charge in [-0.25, -0.2) is 4.39 Å². The first kappa shape index (κ1) is 13.0. The van der Waals surface area contributed by atoms with Gasteiger partial charge in [-0.3, -0.25) is 4.79 Å². The lowest BCUT2D eigenvalue weighted by molar-refractivity contribution is -0.124. The SMILES string of the molecule is Cc1ccc(F)c(NC(=O)C2(CN)CCCC2)c1. The van der Waals surface area contributed by atoms with Crippen molar-refractivity contribution in [2.45, 2.75) is 32.6 Å². The minimum Gasteiger partial charge on any atom is -0.329 e. The fraction of sp³-hybridized carbons (Fsp3) is 0.500. The van der Waals surface area contributed by atoms with E-state index in [-0.39, 0.29) is 11.6 Å². The molecule has 0 bridgehead atoms. The third kappa shape index (κ3) is 2.38. The Kier molecular flexibility index (Phi) is 3.66. The van der Waals surface area contributed by atoms with E-state index < -0.39 is 11.2 Å². The van der Waals surface area contributed by atoms with E-state index in [4.69, 9.17) is 5.73 Å². The first-order chi connectivity index (χ1) is 8.57. The quantitative estimate of drug-likeness (QED) is 0.866. The zero-order chi connectivity index (χ0) is 13.2. The number of carbonyl (C=O) groups excluding carboxylic acids is 1. The largest absolute Gasteiger partial charge is 0.329 e. The zero-order valence-corrected chi connectivity index (χ0v) is 10.6. The molecule has 1 aliphatic rings. The molecule has 1 aliphatic carbocycles. The van der Waals surface area contributed by atoms with E-state index in [1.54, 1.807) is 12.1 Å². The van der Waals surface area contributed by atoms with Crippen molar-refractivity contribution >= 4 is 11.6 Å². The maximum Gasteiger partial charge on any atom is 0.231 e. The maximum absolute atomic E-state index is 13.6. The topological polar surface area (TPSA) is 55.1 Å². The molecule has 3 N–H and O–H groups in total. The van der Waals surface area contributed by atoms with Crippen LogP contribution < -0.4 is 11.1 Å². The molecule has 0 radical (unpaired) electrons. The number of aryl methyl sites for hydroxylation is 1. The van der Waals surface area contributed by atoms with Crippen molar-refractivity contribution in [2.75, 3.05) is 11.9 Å². The van der Waals surface area contributed by atoms with Gasteiger partial charge in [0.1, 0.15) is 5.82 Å². The Bertz CT molecular complexity index is 453. The van der Waals surface area contributed by atoms with E-state index in [1.165, 1.54) is 6.07 Å². The molecule has 1 amide bonds. The highest BCUT2D eigenvalue weighted by Crippen LogP contribution is 2.38. The fourth-order valence-corrected chi connectivity index (χ4v) is 2.57. The number of rotatable bonds is 3.